The molecule has 6 heteroatoms. The number of rotatable bonds is 5. The number of aryl methyl sites for hydroxylation is 1. The van der Waals surface area contributed by atoms with Crippen molar-refractivity contribution in [2.45, 2.75) is 37.8 Å². The number of carbonyl (C=O) groups is 1. The Morgan fingerprint density at radius 2 is 1.62 bits per heavy atom. The Balaban J connectivity index is 1.60. The van der Waals surface area contributed by atoms with Crippen LogP contribution >= 0.6 is 11.8 Å². The van der Waals surface area contributed by atoms with Gasteiger partial charge in [-0.1, -0.05) is 72.6 Å². The molecule has 1 saturated heterocycles. The fourth-order valence-electron chi connectivity index (χ4n) is 3.60. The van der Waals surface area contributed by atoms with E-state index in [9.17, 15) is 4.79 Å². The number of amides is 1. The maximum absolute atomic E-state index is 12.7. The average Bonchev–Trinajstić information content (AvgIpc) is 2.98. The van der Waals surface area contributed by atoms with Crippen LogP contribution in [0.2, 0.25) is 0 Å². The first-order chi connectivity index (χ1) is 14.2. The molecular formula is C23H26N4OS. The van der Waals surface area contributed by atoms with E-state index >= 15 is 0 Å². The number of likely N-dealkylation sites (tertiary alicyclic amines) is 1. The maximum atomic E-state index is 12.7. The number of aromatic nitrogens is 3. The number of benzene rings is 2. The van der Waals surface area contributed by atoms with Crippen molar-refractivity contribution in [2.75, 3.05) is 18.8 Å². The lowest BCUT2D eigenvalue weighted by molar-refractivity contribution is -0.128. The van der Waals surface area contributed by atoms with Gasteiger partial charge in [-0.15, -0.1) is 10.2 Å². The number of nitrogens with zero attached hydrogens (tertiary/aromatic N) is 4. The molecule has 0 spiro atoms. The predicted octanol–water partition coefficient (Wildman–Crippen LogP) is 4.74. The molecule has 3 aromatic rings. The van der Waals surface area contributed by atoms with Crippen molar-refractivity contribution < 1.29 is 4.79 Å². The van der Waals surface area contributed by atoms with Gasteiger partial charge in [-0.05, 0) is 31.9 Å². The van der Waals surface area contributed by atoms with Gasteiger partial charge in [0.25, 0.3) is 0 Å². The second-order valence-corrected chi connectivity index (χ2v) is 8.37. The van der Waals surface area contributed by atoms with Crippen LogP contribution in [0.4, 0.5) is 0 Å². The van der Waals surface area contributed by atoms with Gasteiger partial charge in [0, 0.05) is 24.3 Å². The molecule has 0 bridgehead atoms. The highest BCUT2D eigenvalue weighted by Gasteiger charge is 2.20. The van der Waals surface area contributed by atoms with Crippen LogP contribution in [0.3, 0.4) is 0 Å². The molecule has 2 heterocycles. The van der Waals surface area contributed by atoms with Gasteiger partial charge in [-0.25, -0.2) is 0 Å². The van der Waals surface area contributed by atoms with Gasteiger partial charge in [0.1, 0.15) is 0 Å². The lowest BCUT2D eigenvalue weighted by Crippen LogP contribution is -2.33. The normalized spacial score (nSPS) is 14.6. The predicted molar refractivity (Wildman–Crippen MR) is 117 cm³/mol. The van der Waals surface area contributed by atoms with E-state index in [2.05, 4.69) is 46.0 Å². The highest BCUT2D eigenvalue weighted by Crippen LogP contribution is 2.28. The Bertz CT molecular complexity index is 945. The third-order valence-electron chi connectivity index (χ3n) is 5.24. The third-order valence-corrected chi connectivity index (χ3v) is 6.15. The molecule has 0 saturated carbocycles. The molecule has 0 atom stereocenters. The Morgan fingerprint density at radius 1 is 0.931 bits per heavy atom. The first-order valence-corrected chi connectivity index (χ1v) is 11.2. The van der Waals surface area contributed by atoms with Crippen LogP contribution in [-0.2, 0) is 4.79 Å². The summed E-state index contributed by atoms with van der Waals surface area (Å²) in [6.45, 7) is 3.82. The van der Waals surface area contributed by atoms with Crippen molar-refractivity contribution in [1.82, 2.24) is 19.7 Å². The smallest absolute Gasteiger partial charge is 0.233 e. The van der Waals surface area contributed by atoms with Gasteiger partial charge >= 0.3 is 0 Å². The Labute approximate surface area is 176 Å². The van der Waals surface area contributed by atoms with E-state index in [4.69, 9.17) is 0 Å². The molecule has 0 unspecified atom stereocenters. The standard InChI is InChI=1S/C23H26N4OS/c1-18-11-13-20(14-12-18)27-22(19-9-5-4-6-10-19)24-25-23(27)29-17-21(28)26-15-7-2-3-8-16-26/h4-6,9-14H,2-3,7-8,15-17H2,1H3. The van der Waals surface area contributed by atoms with Crippen molar-refractivity contribution >= 4 is 17.7 Å². The van der Waals surface area contributed by atoms with Crippen molar-refractivity contribution in [3.8, 4) is 17.1 Å². The Kier molecular flexibility index (Phi) is 6.30. The Hall–Kier alpha value is -2.60. The van der Waals surface area contributed by atoms with Gasteiger partial charge < -0.3 is 4.90 Å². The molecule has 0 radical (unpaired) electrons. The van der Waals surface area contributed by atoms with E-state index in [0.29, 0.717) is 5.75 Å². The number of hydrogen-bond acceptors (Lipinski definition) is 4. The van der Waals surface area contributed by atoms with Crippen molar-refractivity contribution in [2.24, 2.45) is 0 Å². The van der Waals surface area contributed by atoms with Gasteiger partial charge in [-0.2, -0.15) is 0 Å². The lowest BCUT2D eigenvalue weighted by atomic mass is 10.2. The summed E-state index contributed by atoms with van der Waals surface area (Å²) in [6.07, 6.45) is 4.65. The van der Waals surface area contributed by atoms with E-state index < -0.39 is 0 Å². The molecule has 1 aliphatic rings. The molecule has 0 N–H and O–H groups in total. The average molecular weight is 407 g/mol. The van der Waals surface area contributed by atoms with Crippen LogP contribution in [0, 0.1) is 6.92 Å². The van der Waals surface area contributed by atoms with Gasteiger partial charge in [-0.3, -0.25) is 9.36 Å². The zero-order valence-corrected chi connectivity index (χ0v) is 17.6. The third kappa shape index (κ3) is 4.70. The highest BCUT2D eigenvalue weighted by atomic mass is 32.2. The minimum atomic E-state index is 0.191. The monoisotopic (exact) mass is 406 g/mol. The molecule has 1 amide bonds. The van der Waals surface area contributed by atoms with E-state index in [1.54, 1.807) is 0 Å². The van der Waals surface area contributed by atoms with Crippen LogP contribution in [-0.4, -0.2) is 44.4 Å². The van der Waals surface area contributed by atoms with Crippen LogP contribution in [0.1, 0.15) is 31.2 Å². The van der Waals surface area contributed by atoms with Crippen LogP contribution in [0.25, 0.3) is 17.1 Å². The fourth-order valence-corrected chi connectivity index (χ4v) is 4.46. The van der Waals surface area contributed by atoms with Crippen LogP contribution in [0.5, 0.6) is 0 Å². The summed E-state index contributed by atoms with van der Waals surface area (Å²) in [5.74, 6) is 1.37. The second kappa shape index (κ2) is 9.27. The number of thioether (sulfide) groups is 1. The Morgan fingerprint density at radius 3 is 2.31 bits per heavy atom. The largest absolute Gasteiger partial charge is 0.342 e. The van der Waals surface area contributed by atoms with E-state index in [-0.39, 0.29) is 5.91 Å². The minimum absolute atomic E-state index is 0.191. The SMILES string of the molecule is Cc1ccc(-n2c(SCC(=O)N3CCCCCC3)nnc2-c2ccccc2)cc1. The minimum Gasteiger partial charge on any atom is -0.342 e. The molecule has 1 aliphatic heterocycles. The molecule has 1 fully saturated rings. The summed E-state index contributed by atoms with van der Waals surface area (Å²) < 4.78 is 2.05. The van der Waals surface area contributed by atoms with Crippen molar-refractivity contribution in [3.05, 3.63) is 60.2 Å². The first kappa shape index (κ1) is 19.7. The van der Waals surface area contributed by atoms with Gasteiger partial charge in [0.05, 0.1) is 5.75 Å². The summed E-state index contributed by atoms with van der Waals surface area (Å²) >= 11 is 1.47. The molecule has 2 aromatic carbocycles. The molecule has 5 nitrogen and oxygen atoms in total. The van der Waals surface area contributed by atoms with E-state index in [0.717, 1.165) is 48.2 Å². The summed E-state index contributed by atoms with van der Waals surface area (Å²) in [5, 5.41) is 9.64. The van der Waals surface area contributed by atoms with Gasteiger partial charge in [0.15, 0.2) is 11.0 Å². The summed E-state index contributed by atoms with van der Waals surface area (Å²) in [6, 6.07) is 18.4. The lowest BCUT2D eigenvalue weighted by Gasteiger charge is -2.20. The fraction of sp³-hybridized carbons (Fsp3) is 0.348. The van der Waals surface area contributed by atoms with Crippen molar-refractivity contribution in [1.29, 1.82) is 0 Å². The molecule has 4 rings (SSSR count). The number of carbonyl (C=O) groups excluding carboxylic acids is 1. The molecule has 150 valence electrons. The summed E-state index contributed by atoms with van der Waals surface area (Å²) in [7, 11) is 0. The van der Waals surface area contributed by atoms with E-state index in [1.807, 2.05) is 35.2 Å². The highest BCUT2D eigenvalue weighted by molar-refractivity contribution is 7.99. The van der Waals surface area contributed by atoms with Crippen LogP contribution in [0.15, 0.2) is 59.8 Å². The summed E-state index contributed by atoms with van der Waals surface area (Å²) in [4.78, 5) is 14.7. The molecule has 29 heavy (non-hydrogen) atoms. The topological polar surface area (TPSA) is 51.0 Å². The van der Waals surface area contributed by atoms with E-state index in [1.165, 1.54) is 30.2 Å². The van der Waals surface area contributed by atoms with Gasteiger partial charge in [0.2, 0.25) is 5.91 Å². The quantitative estimate of drug-likeness (QED) is 0.575. The zero-order valence-electron chi connectivity index (χ0n) is 16.8. The first-order valence-electron chi connectivity index (χ1n) is 10.2. The van der Waals surface area contributed by atoms with Crippen molar-refractivity contribution in [3.63, 3.8) is 0 Å². The maximum Gasteiger partial charge on any atom is 0.233 e. The second-order valence-electron chi connectivity index (χ2n) is 7.43. The molecule has 1 aromatic heterocycles. The molecule has 0 aliphatic carbocycles. The summed E-state index contributed by atoms with van der Waals surface area (Å²) in [5.41, 5.74) is 3.21. The zero-order chi connectivity index (χ0) is 20.1. The van der Waals surface area contributed by atoms with Crippen LogP contribution < -0.4 is 0 Å². The number of hydrogen-bond donors (Lipinski definition) is 0. The molecular weight excluding hydrogens is 380 g/mol.